The van der Waals surface area contributed by atoms with Crippen molar-refractivity contribution in [2.45, 2.75) is 118 Å². The van der Waals surface area contributed by atoms with Gasteiger partial charge in [-0.05, 0) is 51.4 Å². The van der Waals surface area contributed by atoms with Crippen molar-refractivity contribution in [1.29, 1.82) is 0 Å². The van der Waals surface area contributed by atoms with Crippen molar-refractivity contribution >= 4 is 53.2 Å². The van der Waals surface area contributed by atoms with Crippen LogP contribution in [0.1, 0.15) is 77.0 Å². The topological polar surface area (TPSA) is 262 Å². The van der Waals surface area contributed by atoms with Gasteiger partial charge in [-0.3, -0.25) is 14.5 Å². The Morgan fingerprint density at radius 3 is 1.51 bits per heavy atom. The molecule has 2 saturated heterocycles. The monoisotopic (exact) mass is 943 g/mol. The number of aliphatic imine (C=N–C) groups is 2. The van der Waals surface area contributed by atoms with Crippen molar-refractivity contribution in [1.82, 2.24) is 26.2 Å². The van der Waals surface area contributed by atoms with Crippen molar-refractivity contribution < 1.29 is 51.6 Å². The number of halogens is 3. The number of thioether (sulfide) groups is 2. The number of nitrogens with zero attached hydrogens (tertiary/aromatic N) is 3. The summed E-state index contributed by atoms with van der Waals surface area (Å²) >= 11 is 4.03. The Kier molecular flexibility index (Phi) is 27.7. The van der Waals surface area contributed by atoms with Gasteiger partial charge in [0.05, 0.1) is 63.7 Å². The summed E-state index contributed by atoms with van der Waals surface area (Å²) in [5, 5.41) is 20.8. The molecule has 0 bridgehead atoms. The molecule has 0 saturated carbocycles. The Morgan fingerprint density at radius 2 is 1.08 bits per heavy atom. The number of alkyl halides is 3. The molecule has 4 heterocycles. The maximum absolute atomic E-state index is 12.8. The minimum absolute atomic E-state index is 0.104. The molecule has 0 aromatic carbocycles. The van der Waals surface area contributed by atoms with Crippen LogP contribution in [0.4, 0.5) is 13.2 Å². The van der Waals surface area contributed by atoms with Gasteiger partial charge in [0.15, 0.2) is 11.9 Å². The van der Waals surface area contributed by atoms with Crippen LogP contribution < -0.4 is 38.5 Å². The Morgan fingerprint density at radius 1 is 0.667 bits per heavy atom. The van der Waals surface area contributed by atoms with Crippen molar-refractivity contribution in [2.75, 3.05) is 104 Å². The highest BCUT2D eigenvalue weighted by atomic mass is 32.2. The number of hydrogen-bond donors (Lipinski definition) is 8. The summed E-state index contributed by atoms with van der Waals surface area (Å²) in [5.41, 5.74) is 17.1. The molecule has 364 valence electrons. The van der Waals surface area contributed by atoms with Gasteiger partial charge < -0.3 is 62.5 Å². The number of nitrogens with one attached hydrogen (secondary N) is 4. The van der Waals surface area contributed by atoms with Crippen molar-refractivity contribution in [2.24, 2.45) is 27.2 Å². The van der Waals surface area contributed by atoms with E-state index < -0.39 is 12.1 Å². The van der Waals surface area contributed by atoms with E-state index in [4.69, 9.17) is 46.0 Å². The summed E-state index contributed by atoms with van der Waals surface area (Å²) in [5.74, 6) is 0.409. The largest absolute Gasteiger partial charge is 0.490 e. The van der Waals surface area contributed by atoms with Gasteiger partial charge in [-0.1, -0.05) is 25.7 Å². The van der Waals surface area contributed by atoms with Crippen LogP contribution in [0, 0.1) is 0 Å². The minimum Gasteiger partial charge on any atom is -0.475 e. The van der Waals surface area contributed by atoms with Gasteiger partial charge in [0.1, 0.15) is 0 Å². The number of nitrogens with two attached hydrogens (primary N) is 3. The van der Waals surface area contributed by atoms with E-state index in [2.05, 4.69) is 31.3 Å². The zero-order chi connectivity index (χ0) is 45.7. The third-order valence-corrected chi connectivity index (χ3v) is 13.6. The fourth-order valence-corrected chi connectivity index (χ4v) is 10.4. The lowest BCUT2D eigenvalue weighted by molar-refractivity contribution is -0.192. The van der Waals surface area contributed by atoms with E-state index in [1.54, 1.807) is 0 Å². The Bertz CT molecular complexity index is 1300. The number of hydrogen-bond acceptors (Lipinski definition) is 17. The van der Waals surface area contributed by atoms with Gasteiger partial charge in [-0.2, -0.15) is 36.7 Å². The number of aliphatic carboxylic acids is 1. The molecule has 2 fully saturated rings. The number of rotatable bonds is 34. The predicted octanol–water partition coefficient (Wildman–Crippen LogP) is 1.40. The highest BCUT2D eigenvalue weighted by Crippen LogP contribution is 2.36. The van der Waals surface area contributed by atoms with E-state index in [9.17, 15) is 22.8 Å². The van der Waals surface area contributed by atoms with Crippen LogP contribution in [0.2, 0.25) is 0 Å². The molecule has 6 atom stereocenters. The number of guanidine groups is 2. The lowest BCUT2D eigenvalue weighted by Gasteiger charge is -2.21. The standard InChI is InChI=1S/C38H72N10O6S2.C2HF3O2/c39-13-21-53-23-24-54-22-16-48(25-33(49)42-14-5-9-19-51-17-7-1-3-11-31-35-29(27-55-31)44-37(40)46-35)26-34(50)43-15-6-10-20-52-18-8-2-4-12-32-36-30(28-56-32)45-38(41)47-36;3-2(4,5)1(6)7/h29-32,35-36H,1-28,39H2,(H,42,49)(H,43,50)(H3,40,44,46)(H3,41,45,47);(H,6,7)/t29-,30-,31-,32-,35-,36-;/m0./s1. The maximum Gasteiger partial charge on any atom is 0.490 e. The molecule has 11 N–H and O–H groups in total. The molecule has 0 aromatic heterocycles. The van der Waals surface area contributed by atoms with Crippen LogP contribution in [0.3, 0.4) is 0 Å². The molecule has 0 spiro atoms. The second kappa shape index (κ2) is 32.0. The Hall–Kier alpha value is -2.80. The van der Waals surface area contributed by atoms with Gasteiger partial charge in [-0.25, -0.2) is 14.8 Å². The van der Waals surface area contributed by atoms with Gasteiger partial charge in [-0.15, -0.1) is 0 Å². The van der Waals surface area contributed by atoms with Gasteiger partial charge in [0.2, 0.25) is 11.8 Å². The molecule has 23 heteroatoms. The number of carboxylic acid groups (broad SMARTS) is 1. The van der Waals surface area contributed by atoms with Crippen molar-refractivity contribution in [3.8, 4) is 0 Å². The quantitative estimate of drug-likeness (QED) is 0.0424. The minimum atomic E-state index is -5.08. The van der Waals surface area contributed by atoms with Gasteiger partial charge in [0.25, 0.3) is 0 Å². The Balaban J connectivity index is 0.00000139. The van der Waals surface area contributed by atoms with Crippen LogP contribution in [-0.4, -0.2) is 184 Å². The first-order valence-electron chi connectivity index (χ1n) is 22.4. The van der Waals surface area contributed by atoms with E-state index in [0.29, 0.717) is 112 Å². The molecular weight excluding hydrogens is 870 g/mol. The molecule has 0 aromatic rings. The molecule has 18 nitrogen and oxygen atoms in total. The fourth-order valence-electron chi connectivity index (χ4n) is 7.35. The third kappa shape index (κ3) is 23.8. The molecule has 0 radical (unpaired) electrons. The van der Waals surface area contributed by atoms with E-state index in [0.717, 1.165) is 76.1 Å². The fraction of sp³-hybridized carbons (Fsp3) is 0.875. The average molecular weight is 943 g/mol. The molecule has 0 unspecified atom stereocenters. The van der Waals surface area contributed by atoms with E-state index in [-0.39, 0.29) is 24.9 Å². The zero-order valence-electron chi connectivity index (χ0n) is 36.6. The third-order valence-electron chi connectivity index (χ3n) is 10.6. The SMILES string of the molecule is NCCOCCOCCN(CC(=O)NCCCCOCCCCC[C@@H]1SC[C@@H]2NC(N)=N[C@@H]21)CC(=O)NCCCCOCCCCC[C@@H]1SC[C@@H]2NC(N)=N[C@@H]21.O=C(O)C(F)(F)F. The number of unbranched alkanes of at least 4 members (excludes halogenated alkanes) is 6. The van der Waals surface area contributed by atoms with Gasteiger partial charge >= 0.3 is 12.1 Å². The van der Waals surface area contributed by atoms with Gasteiger partial charge in [0, 0.05) is 74.6 Å². The second-order valence-corrected chi connectivity index (χ2v) is 18.4. The number of carboxylic acids is 1. The summed E-state index contributed by atoms with van der Waals surface area (Å²) in [7, 11) is 0. The summed E-state index contributed by atoms with van der Waals surface area (Å²) in [4.78, 5) is 45.4. The number of ether oxygens (including phenoxy) is 4. The smallest absolute Gasteiger partial charge is 0.475 e. The second-order valence-electron chi connectivity index (χ2n) is 15.8. The summed E-state index contributed by atoms with van der Waals surface area (Å²) in [6.45, 7) is 7.02. The summed E-state index contributed by atoms with van der Waals surface area (Å²) in [6, 6.07) is 1.51. The molecule has 2 amide bonds. The number of carbonyl (C=O) groups excluding carboxylic acids is 2. The highest BCUT2D eigenvalue weighted by molar-refractivity contribution is 8.00. The molecule has 4 rings (SSSR count). The van der Waals surface area contributed by atoms with Crippen molar-refractivity contribution in [3.63, 3.8) is 0 Å². The Labute approximate surface area is 378 Å². The van der Waals surface area contributed by atoms with Crippen LogP contribution in [-0.2, 0) is 33.3 Å². The highest BCUT2D eigenvalue weighted by Gasteiger charge is 2.41. The molecular formula is C40H73F3N10O8S2. The lowest BCUT2D eigenvalue weighted by Crippen LogP contribution is -2.44. The van der Waals surface area contributed by atoms with Crippen LogP contribution in [0.5, 0.6) is 0 Å². The predicted molar refractivity (Wildman–Crippen MR) is 241 cm³/mol. The molecule has 0 aliphatic carbocycles. The van der Waals surface area contributed by atoms with Crippen LogP contribution in [0.15, 0.2) is 9.98 Å². The number of amides is 2. The van der Waals surface area contributed by atoms with Crippen LogP contribution >= 0.6 is 23.5 Å². The summed E-state index contributed by atoms with van der Waals surface area (Å²) < 4.78 is 54.4. The van der Waals surface area contributed by atoms with E-state index in [1.165, 1.54) is 25.7 Å². The molecule has 4 aliphatic heterocycles. The maximum atomic E-state index is 12.8. The normalized spacial score (nSPS) is 22.4. The first-order valence-corrected chi connectivity index (χ1v) is 24.5. The zero-order valence-corrected chi connectivity index (χ0v) is 38.2. The lowest BCUT2D eigenvalue weighted by atomic mass is 10.0. The van der Waals surface area contributed by atoms with Crippen molar-refractivity contribution in [3.05, 3.63) is 0 Å². The first-order chi connectivity index (χ1) is 30.4. The molecule has 4 aliphatic rings. The number of carbonyl (C=O) groups is 3. The van der Waals surface area contributed by atoms with E-state index >= 15 is 0 Å². The first kappa shape index (κ1) is 54.5. The molecule has 63 heavy (non-hydrogen) atoms. The van der Waals surface area contributed by atoms with E-state index in [1.807, 2.05) is 28.4 Å². The average Bonchev–Trinajstić information content (AvgIpc) is 4.00. The summed E-state index contributed by atoms with van der Waals surface area (Å²) in [6.07, 6.45) is 7.51. The number of fused-ring (bicyclic) bond motifs is 2. The van der Waals surface area contributed by atoms with Crippen LogP contribution in [0.25, 0.3) is 0 Å².